The largest absolute Gasteiger partial charge is 0.453 e. The Kier molecular flexibility index (Phi) is 5.18. The van der Waals surface area contributed by atoms with Crippen LogP contribution in [0.15, 0.2) is 45.3 Å². The maximum absolute atomic E-state index is 13.7. The molecule has 2 aromatic rings. The number of rotatable bonds is 4. The first kappa shape index (κ1) is 15.5. The van der Waals surface area contributed by atoms with Crippen molar-refractivity contribution in [3.63, 3.8) is 0 Å². The highest BCUT2D eigenvalue weighted by molar-refractivity contribution is 9.10. The summed E-state index contributed by atoms with van der Waals surface area (Å²) >= 11 is 6.67. The molecule has 0 aliphatic rings. The van der Waals surface area contributed by atoms with Crippen LogP contribution in [-0.4, -0.2) is 7.05 Å². The normalized spacial score (nSPS) is 12.2. The monoisotopic (exact) mass is 401 g/mol. The van der Waals surface area contributed by atoms with Gasteiger partial charge in [0.25, 0.3) is 0 Å². The Bertz CT molecular complexity index is 619. The van der Waals surface area contributed by atoms with E-state index in [2.05, 4.69) is 44.1 Å². The average molecular weight is 403 g/mol. The lowest BCUT2D eigenvalue weighted by atomic mass is 10.1. The molecule has 0 aromatic heterocycles. The summed E-state index contributed by atoms with van der Waals surface area (Å²) in [5.41, 5.74) is 1.13. The number of nitrogens with one attached hydrogen (secondary N) is 1. The van der Waals surface area contributed by atoms with Gasteiger partial charge in [-0.15, -0.1) is 0 Å². The molecular formula is C15H14Br2FNO. The fraction of sp³-hybridized carbons (Fsp3) is 0.200. The van der Waals surface area contributed by atoms with E-state index in [1.807, 2.05) is 25.2 Å². The van der Waals surface area contributed by atoms with E-state index in [1.165, 1.54) is 6.07 Å². The maximum atomic E-state index is 13.7. The molecule has 1 N–H and O–H groups in total. The van der Waals surface area contributed by atoms with E-state index in [9.17, 15) is 4.39 Å². The molecule has 0 aliphatic heterocycles. The predicted octanol–water partition coefficient (Wildman–Crippen LogP) is 5.42. The summed E-state index contributed by atoms with van der Waals surface area (Å²) in [7, 11) is 1.90. The van der Waals surface area contributed by atoms with Gasteiger partial charge in [0.05, 0.1) is 4.47 Å². The van der Waals surface area contributed by atoms with E-state index in [1.54, 1.807) is 12.1 Å². The lowest BCUT2D eigenvalue weighted by Crippen LogP contribution is -2.12. The summed E-state index contributed by atoms with van der Waals surface area (Å²) in [5.74, 6) is 0.375. The third-order valence-corrected chi connectivity index (χ3v) is 4.12. The van der Waals surface area contributed by atoms with Gasteiger partial charge in [-0.3, -0.25) is 0 Å². The first-order valence-corrected chi connectivity index (χ1v) is 7.69. The van der Waals surface area contributed by atoms with Crippen molar-refractivity contribution in [1.82, 2.24) is 5.32 Å². The molecule has 2 aromatic carbocycles. The molecule has 0 saturated carbocycles. The van der Waals surface area contributed by atoms with Crippen molar-refractivity contribution >= 4 is 31.9 Å². The van der Waals surface area contributed by atoms with Crippen LogP contribution in [0.3, 0.4) is 0 Å². The molecular weight excluding hydrogens is 389 g/mol. The second-order valence-electron chi connectivity index (χ2n) is 4.38. The fourth-order valence-corrected chi connectivity index (χ4v) is 2.52. The maximum Gasteiger partial charge on any atom is 0.166 e. The molecule has 0 amide bonds. The quantitative estimate of drug-likeness (QED) is 0.736. The zero-order chi connectivity index (χ0) is 14.7. The van der Waals surface area contributed by atoms with Crippen molar-refractivity contribution in [2.75, 3.05) is 7.05 Å². The van der Waals surface area contributed by atoms with Gasteiger partial charge in [-0.05, 0) is 65.8 Å². The topological polar surface area (TPSA) is 21.3 Å². The SMILES string of the molecule is CNC(C)c1ccc(Oc2ccc(Br)cc2F)c(Br)c1. The van der Waals surface area contributed by atoms with Gasteiger partial charge in [-0.1, -0.05) is 22.0 Å². The minimum absolute atomic E-state index is 0.198. The highest BCUT2D eigenvalue weighted by Crippen LogP contribution is 2.33. The lowest BCUT2D eigenvalue weighted by molar-refractivity contribution is 0.439. The molecule has 0 fully saturated rings. The van der Waals surface area contributed by atoms with Crippen molar-refractivity contribution in [1.29, 1.82) is 0 Å². The third kappa shape index (κ3) is 3.59. The van der Waals surface area contributed by atoms with Crippen LogP contribution in [0.5, 0.6) is 11.5 Å². The van der Waals surface area contributed by atoms with Crippen LogP contribution in [-0.2, 0) is 0 Å². The molecule has 0 bridgehead atoms. The summed E-state index contributed by atoms with van der Waals surface area (Å²) in [5, 5.41) is 3.17. The Morgan fingerprint density at radius 1 is 1.10 bits per heavy atom. The van der Waals surface area contributed by atoms with Crippen LogP contribution in [0.4, 0.5) is 4.39 Å². The average Bonchev–Trinajstić information content (AvgIpc) is 2.42. The third-order valence-electron chi connectivity index (χ3n) is 3.00. The number of ether oxygens (including phenoxy) is 1. The van der Waals surface area contributed by atoms with Gasteiger partial charge in [-0.25, -0.2) is 4.39 Å². The summed E-state index contributed by atoms with van der Waals surface area (Å²) in [6, 6.07) is 10.7. The van der Waals surface area contributed by atoms with Crippen LogP contribution in [0.1, 0.15) is 18.5 Å². The zero-order valence-electron chi connectivity index (χ0n) is 11.1. The van der Waals surface area contributed by atoms with Crippen LogP contribution in [0, 0.1) is 5.82 Å². The van der Waals surface area contributed by atoms with Crippen molar-refractivity contribution in [2.45, 2.75) is 13.0 Å². The second-order valence-corrected chi connectivity index (χ2v) is 6.15. The highest BCUT2D eigenvalue weighted by atomic mass is 79.9. The number of benzene rings is 2. The van der Waals surface area contributed by atoms with Crippen LogP contribution >= 0.6 is 31.9 Å². The molecule has 5 heteroatoms. The van der Waals surface area contributed by atoms with E-state index >= 15 is 0 Å². The molecule has 1 unspecified atom stereocenters. The molecule has 2 nitrogen and oxygen atoms in total. The predicted molar refractivity (Wildman–Crippen MR) is 85.8 cm³/mol. The Balaban J connectivity index is 2.25. The van der Waals surface area contributed by atoms with Gasteiger partial charge >= 0.3 is 0 Å². The van der Waals surface area contributed by atoms with Crippen molar-refractivity contribution < 1.29 is 9.13 Å². The number of hydrogen-bond acceptors (Lipinski definition) is 2. The van der Waals surface area contributed by atoms with E-state index in [4.69, 9.17) is 4.74 Å². The van der Waals surface area contributed by atoms with Crippen LogP contribution < -0.4 is 10.1 Å². The van der Waals surface area contributed by atoms with Crippen molar-refractivity contribution in [3.8, 4) is 11.5 Å². The first-order valence-electron chi connectivity index (χ1n) is 6.11. The van der Waals surface area contributed by atoms with Crippen molar-refractivity contribution in [2.24, 2.45) is 0 Å². The van der Waals surface area contributed by atoms with Gasteiger partial charge in [-0.2, -0.15) is 0 Å². The van der Waals surface area contributed by atoms with Gasteiger partial charge < -0.3 is 10.1 Å². The molecule has 20 heavy (non-hydrogen) atoms. The summed E-state index contributed by atoms with van der Waals surface area (Å²) < 4.78 is 20.8. The summed E-state index contributed by atoms with van der Waals surface area (Å²) in [6.45, 7) is 2.07. The van der Waals surface area contributed by atoms with Gasteiger partial charge in [0, 0.05) is 10.5 Å². The Morgan fingerprint density at radius 3 is 2.40 bits per heavy atom. The van der Waals surface area contributed by atoms with E-state index in [0.717, 1.165) is 10.0 Å². The van der Waals surface area contributed by atoms with Crippen LogP contribution in [0.2, 0.25) is 0 Å². The Hall–Kier alpha value is -0.910. The number of halogens is 3. The molecule has 1 atom stereocenters. The van der Waals surface area contributed by atoms with Crippen molar-refractivity contribution in [3.05, 3.63) is 56.7 Å². The Labute approximate surface area is 134 Å². The molecule has 0 radical (unpaired) electrons. The van der Waals surface area contributed by atoms with Gasteiger partial charge in [0.15, 0.2) is 11.6 Å². The van der Waals surface area contributed by atoms with Gasteiger partial charge in [0.2, 0.25) is 0 Å². The first-order chi connectivity index (χ1) is 9.51. The molecule has 0 spiro atoms. The molecule has 0 aliphatic carbocycles. The standard InChI is InChI=1S/C15H14Br2FNO/c1-9(19-2)10-3-5-14(12(17)7-10)20-15-6-4-11(16)8-13(15)18/h3-9,19H,1-2H3. The molecule has 106 valence electrons. The smallest absolute Gasteiger partial charge is 0.166 e. The highest BCUT2D eigenvalue weighted by Gasteiger charge is 2.10. The lowest BCUT2D eigenvalue weighted by Gasteiger charge is -2.14. The summed E-state index contributed by atoms with van der Waals surface area (Å²) in [6.07, 6.45) is 0. The molecule has 0 heterocycles. The number of hydrogen-bond donors (Lipinski definition) is 1. The molecule has 0 saturated heterocycles. The van der Waals surface area contributed by atoms with E-state index in [0.29, 0.717) is 10.2 Å². The molecule has 2 rings (SSSR count). The summed E-state index contributed by atoms with van der Waals surface area (Å²) in [4.78, 5) is 0. The fourth-order valence-electron chi connectivity index (χ4n) is 1.71. The van der Waals surface area contributed by atoms with Crippen LogP contribution in [0.25, 0.3) is 0 Å². The minimum atomic E-state index is -0.404. The minimum Gasteiger partial charge on any atom is -0.453 e. The van der Waals surface area contributed by atoms with E-state index in [-0.39, 0.29) is 11.8 Å². The van der Waals surface area contributed by atoms with E-state index < -0.39 is 5.82 Å². The second kappa shape index (κ2) is 6.70. The van der Waals surface area contributed by atoms with Gasteiger partial charge in [0.1, 0.15) is 5.75 Å². The Morgan fingerprint density at radius 2 is 1.80 bits per heavy atom. The zero-order valence-corrected chi connectivity index (χ0v) is 14.3.